The Hall–Kier alpha value is -2.83. The Morgan fingerprint density at radius 1 is 1.24 bits per heavy atom. The van der Waals surface area contributed by atoms with Crippen LogP contribution in [0.1, 0.15) is 47.6 Å². The van der Waals surface area contributed by atoms with Crippen LogP contribution in [-0.4, -0.2) is 39.8 Å². The molecule has 1 aromatic carbocycles. The fourth-order valence-electron chi connectivity index (χ4n) is 2.77. The van der Waals surface area contributed by atoms with Crippen molar-refractivity contribution >= 4 is 11.8 Å². The molecule has 1 aliphatic rings. The third-order valence-electron chi connectivity index (χ3n) is 4.09. The first-order valence-corrected chi connectivity index (χ1v) is 8.13. The fourth-order valence-corrected chi connectivity index (χ4v) is 2.77. The molecule has 0 aliphatic carbocycles. The van der Waals surface area contributed by atoms with Crippen molar-refractivity contribution in [1.29, 1.82) is 0 Å². The van der Waals surface area contributed by atoms with E-state index in [2.05, 4.69) is 15.3 Å². The maximum atomic E-state index is 13.2. The first-order chi connectivity index (χ1) is 12.0. The van der Waals surface area contributed by atoms with Gasteiger partial charge in [-0.2, -0.15) is 0 Å². The van der Waals surface area contributed by atoms with Gasteiger partial charge in [-0.15, -0.1) is 0 Å². The molecule has 25 heavy (non-hydrogen) atoms. The average Bonchev–Trinajstić information content (AvgIpc) is 2.62. The van der Waals surface area contributed by atoms with Gasteiger partial charge in [-0.1, -0.05) is 26.0 Å². The predicted octanol–water partition coefficient (Wildman–Crippen LogP) is 2.05. The summed E-state index contributed by atoms with van der Waals surface area (Å²) in [4.78, 5) is 35.1. The van der Waals surface area contributed by atoms with Crippen LogP contribution >= 0.6 is 0 Å². The lowest BCUT2D eigenvalue weighted by atomic mass is 10.0. The van der Waals surface area contributed by atoms with Crippen LogP contribution in [0.5, 0.6) is 0 Å². The predicted molar refractivity (Wildman–Crippen MR) is 89.3 cm³/mol. The van der Waals surface area contributed by atoms with Gasteiger partial charge >= 0.3 is 0 Å². The standard InChI is InChI=1S/C18H19FN4O2/c1-11(2)16-21-9-13(10-22-16)18(25)23-8-7-20-17(24)15(23)12-3-5-14(19)6-4-12/h3-6,9-11,15H,7-8H2,1-2H3,(H,20,24)/t15-/m0/s1. The van der Waals surface area contributed by atoms with E-state index < -0.39 is 11.9 Å². The summed E-state index contributed by atoms with van der Waals surface area (Å²) in [5.74, 6) is -0.180. The first kappa shape index (κ1) is 17.0. The van der Waals surface area contributed by atoms with Gasteiger partial charge in [0.1, 0.15) is 17.7 Å². The second-order valence-corrected chi connectivity index (χ2v) is 6.23. The summed E-state index contributed by atoms with van der Waals surface area (Å²) in [6.45, 7) is 4.67. The maximum Gasteiger partial charge on any atom is 0.258 e. The largest absolute Gasteiger partial charge is 0.352 e. The van der Waals surface area contributed by atoms with E-state index in [0.717, 1.165) is 0 Å². The molecule has 0 bridgehead atoms. The first-order valence-electron chi connectivity index (χ1n) is 8.13. The Bertz CT molecular complexity index is 775. The van der Waals surface area contributed by atoms with Gasteiger partial charge in [-0.05, 0) is 17.7 Å². The number of rotatable bonds is 3. The quantitative estimate of drug-likeness (QED) is 0.926. The Morgan fingerprint density at radius 3 is 2.48 bits per heavy atom. The van der Waals surface area contributed by atoms with E-state index in [1.165, 1.54) is 41.6 Å². The molecule has 1 fully saturated rings. The smallest absolute Gasteiger partial charge is 0.258 e. The zero-order valence-corrected chi connectivity index (χ0v) is 14.1. The third kappa shape index (κ3) is 3.50. The number of benzene rings is 1. The molecule has 0 saturated carbocycles. The number of carbonyl (C=O) groups excluding carboxylic acids is 2. The molecule has 2 amide bonds. The van der Waals surface area contributed by atoms with Gasteiger partial charge < -0.3 is 10.2 Å². The van der Waals surface area contributed by atoms with Crippen LogP contribution in [0.15, 0.2) is 36.7 Å². The molecule has 1 N–H and O–H groups in total. The molecule has 0 spiro atoms. The minimum absolute atomic E-state index is 0.164. The summed E-state index contributed by atoms with van der Waals surface area (Å²) in [7, 11) is 0. The highest BCUT2D eigenvalue weighted by Crippen LogP contribution is 2.25. The van der Waals surface area contributed by atoms with Gasteiger partial charge in [0.15, 0.2) is 0 Å². The van der Waals surface area contributed by atoms with Crippen molar-refractivity contribution in [3.63, 3.8) is 0 Å². The topological polar surface area (TPSA) is 75.2 Å². The zero-order chi connectivity index (χ0) is 18.0. The average molecular weight is 342 g/mol. The number of hydrogen-bond donors (Lipinski definition) is 1. The van der Waals surface area contributed by atoms with Crippen molar-refractivity contribution in [3.8, 4) is 0 Å². The Kier molecular flexibility index (Phi) is 4.74. The molecule has 6 nitrogen and oxygen atoms in total. The van der Waals surface area contributed by atoms with E-state index in [9.17, 15) is 14.0 Å². The molecule has 2 aromatic rings. The Balaban J connectivity index is 1.90. The molecule has 1 aromatic heterocycles. The molecule has 3 rings (SSSR count). The minimum Gasteiger partial charge on any atom is -0.352 e. The number of halogens is 1. The maximum absolute atomic E-state index is 13.2. The van der Waals surface area contributed by atoms with Crippen LogP contribution in [0.3, 0.4) is 0 Å². The van der Waals surface area contributed by atoms with Gasteiger partial charge in [-0.25, -0.2) is 14.4 Å². The lowest BCUT2D eigenvalue weighted by Crippen LogP contribution is -2.52. The summed E-state index contributed by atoms with van der Waals surface area (Å²) in [6, 6.07) is 4.79. The minimum atomic E-state index is -0.799. The number of nitrogens with one attached hydrogen (secondary N) is 1. The van der Waals surface area contributed by atoms with Gasteiger partial charge in [0.2, 0.25) is 5.91 Å². The van der Waals surface area contributed by atoms with Crippen LogP contribution in [0.2, 0.25) is 0 Å². The number of aromatic nitrogens is 2. The highest BCUT2D eigenvalue weighted by atomic mass is 19.1. The highest BCUT2D eigenvalue weighted by Gasteiger charge is 2.35. The molecule has 0 unspecified atom stereocenters. The molecule has 0 radical (unpaired) electrons. The summed E-state index contributed by atoms with van der Waals surface area (Å²) in [5, 5.41) is 2.75. The summed E-state index contributed by atoms with van der Waals surface area (Å²) in [5.41, 5.74) is 0.887. The van der Waals surface area contributed by atoms with Crippen molar-refractivity contribution in [1.82, 2.24) is 20.2 Å². The van der Waals surface area contributed by atoms with Crippen molar-refractivity contribution in [2.24, 2.45) is 0 Å². The van der Waals surface area contributed by atoms with Crippen molar-refractivity contribution < 1.29 is 14.0 Å². The lowest BCUT2D eigenvalue weighted by molar-refractivity contribution is -0.128. The van der Waals surface area contributed by atoms with E-state index in [1.54, 1.807) is 0 Å². The van der Waals surface area contributed by atoms with E-state index in [1.807, 2.05) is 13.8 Å². The number of nitrogens with zero attached hydrogens (tertiary/aromatic N) is 3. The van der Waals surface area contributed by atoms with E-state index in [0.29, 0.717) is 30.0 Å². The van der Waals surface area contributed by atoms with Crippen LogP contribution in [0.25, 0.3) is 0 Å². The van der Waals surface area contributed by atoms with Crippen LogP contribution in [0.4, 0.5) is 4.39 Å². The zero-order valence-electron chi connectivity index (χ0n) is 14.1. The summed E-state index contributed by atoms with van der Waals surface area (Å²) < 4.78 is 13.2. The van der Waals surface area contributed by atoms with Crippen molar-refractivity contribution in [3.05, 3.63) is 59.4 Å². The second-order valence-electron chi connectivity index (χ2n) is 6.23. The molecule has 1 saturated heterocycles. The number of amides is 2. The van der Waals surface area contributed by atoms with Gasteiger partial charge in [0, 0.05) is 31.4 Å². The van der Waals surface area contributed by atoms with Crippen LogP contribution in [-0.2, 0) is 4.79 Å². The lowest BCUT2D eigenvalue weighted by Gasteiger charge is -2.35. The molecular weight excluding hydrogens is 323 g/mol. The Labute approximate surface area is 145 Å². The van der Waals surface area contributed by atoms with Crippen LogP contribution < -0.4 is 5.32 Å². The number of carbonyl (C=O) groups is 2. The Morgan fingerprint density at radius 2 is 1.88 bits per heavy atom. The molecule has 1 aliphatic heterocycles. The molecular formula is C18H19FN4O2. The second kappa shape index (κ2) is 6.96. The van der Waals surface area contributed by atoms with Gasteiger partial charge in [0.05, 0.1) is 5.56 Å². The van der Waals surface area contributed by atoms with Crippen molar-refractivity contribution in [2.75, 3.05) is 13.1 Å². The van der Waals surface area contributed by atoms with Crippen molar-refractivity contribution in [2.45, 2.75) is 25.8 Å². The normalized spacial score (nSPS) is 17.5. The van der Waals surface area contributed by atoms with Crippen LogP contribution in [0, 0.1) is 5.82 Å². The summed E-state index contributed by atoms with van der Waals surface area (Å²) >= 11 is 0. The fraction of sp³-hybridized carbons (Fsp3) is 0.333. The molecule has 2 heterocycles. The third-order valence-corrected chi connectivity index (χ3v) is 4.09. The van der Waals surface area contributed by atoms with E-state index in [-0.39, 0.29) is 17.7 Å². The number of piperazine rings is 1. The molecule has 130 valence electrons. The van der Waals surface area contributed by atoms with E-state index in [4.69, 9.17) is 0 Å². The van der Waals surface area contributed by atoms with Gasteiger partial charge in [0.25, 0.3) is 5.91 Å². The monoisotopic (exact) mass is 342 g/mol. The molecule has 7 heteroatoms. The van der Waals surface area contributed by atoms with E-state index >= 15 is 0 Å². The summed E-state index contributed by atoms with van der Waals surface area (Å²) in [6.07, 6.45) is 2.97. The van der Waals surface area contributed by atoms with Gasteiger partial charge in [-0.3, -0.25) is 9.59 Å². The number of hydrogen-bond acceptors (Lipinski definition) is 4. The highest BCUT2D eigenvalue weighted by molar-refractivity contribution is 5.98. The molecule has 1 atom stereocenters. The SMILES string of the molecule is CC(C)c1ncc(C(=O)N2CCNC(=O)[C@@H]2c2ccc(F)cc2)cn1.